The molecule has 0 spiro atoms. The van der Waals surface area contributed by atoms with Gasteiger partial charge >= 0.3 is 6.72 Å². The zero-order valence-corrected chi connectivity index (χ0v) is 16.1. The molecule has 3 rings (SSSR count). The lowest BCUT2D eigenvalue weighted by Gasteiger charge is -2.44. The van der Waals surface area contributed by atoms with E-state index >= 15 is 0 Å². The van der Waals surface area contributed by atoms with Gasteiger partial charge in [-0.2, -0.15) is 5.26 Å². The van der Waals surface area contributed by atoms with Crippen LogP contribution in [-0.2, 0) is 20.9 Å². The third-order valence-electron chi connectivity index (χ3n) is 4.45. The lowest BCUT2D eigenvalue weighted by Crippen LogP contribution is -2.42. The summed E-state index contributed by atoms with van der Waals surface area (Å²) < 4.78 is 12.3. The highest BCUT2D eigenvalue weighted by Gasteiger charge is 2.43. The summed E-state index contributed by atoms with van der Waals surface area (Å²) in [5.41, 5.74) is 1.13. The summed E-state index contributed by atoms with van der Waals surface area (Å²) in [5, 5.41) is 18.5. The molecule has 0 radical (unpaired) electrons. The second-order valence-corrected chi connectivity index (χ2v) is 9.10. The number of aliphatic hydroxyl groups excluding tert-OH is 1. The van der Waals surface area contributed by atoms with Crippen molar-refractivity contribution >= 4 is 41.3 Å². The highest BCUT2D eigenvalue weighted by Crippen LogP contribution is 2.49. The average Bonchev–Trinajstić information content (AvgIpc) is 2.99. The maximum absolute atomic E-state index is 9.95. The number of nitriles is 1. The van der Waals surface area contributed by atoms with Gasteiger partial charge in [-0.1, -0.05) is 11.6 Å². The minimum absolute atomic E-state index is 0.00815. The Bertz CT molecular complexity index is 875. The van der Waals surface area contributed by atoms with Crippen molar-refractivity contribution in [2.75, 3.05) is 19.8 Å². The molecule has 0 bridgehead atoms. The summed E-state index contributed by atoms with van der Waals surface area (Å²) >= 11 is 10.9. The Hall–Kier alpha value is -1.18. The van der Waals surface area contributed by atoms with E-state index in [9.17, 15) is 10.00 Å². The maximum Gasteiger partial charge on any atom is 0.324 e. The summed E-state index contributed by atoms with van der Waals surface area (Å²) in [6.45, 7) is -3.23. The molecule has 12 heteroatoms. The number of aromatic nitrogens is 4. The number of aliphatic hydroxyl groups is 1. The van der Waals surface area contributed by atoms with Gasteiger partial charge in [0.25, 0.3) is 0 Å². The monoisotopic (exact) mass is 417 g/mol. The van der Waals surface area contributed by atoms with Crippen LogP contribution in [0.2, 0.25) is 5.15 Å². The number of hydrogen-bond acceptors (Lipinski definition) is 8. The van der Waals surface area contributed by atoms with E-state index in [1.807, 2.05) is 10.6 Å². The fourth-order valence-electron chi connectivity index (χ4n) is 3.06. The smallest absolute Gasteiger partial charge is 0.324 e. The minimum atomic E-state index is -3.37. The van der Waals surface area contributed by atoms with E-state index in [4.69, 9.17) is 37.7 Å². The van der Waals surface area contributed by atoms with Gasteiger partial charge in [-0.3, -0.25) is 0 Å². The van der Waals surface area contributed by atoms with Gasteiger partial charge < -0.3 is 23.6 Å². The normalized spacial score (nSPS) is 24.8. The van der Waals surface area contributed by atoms with Crippen LogP contribution < -0.4 is 0 Å². The van der Waals surface area contributed by atoms with Crippen molar-refractivity contribution in [3.8, 4) is 6.07 Å². The van der Waals surface area contributed by atoms with Gasteiger partial charge in [0, 0.05) is 18.6 Å². The van der Waals surface area contributed by atoms with Gasteiger partial charge in [0.05, 0.1) is 32.0 Å². The number of imidazole rings is 1. The Balaban J connectivity index is 1.63. The van der Waals surface area contributed by atoms with Gasteiger partial charge in [0.1, 0.15) is 11.8 Å². The molecule has 1 fully saturated rings. The molecule has 0 aliphatic heterocycles. The van der Waals surface area contributed by atoms with Crippen LogP contribution in [0.5, 0.6) is 0 Å². The van der Waals surface area contributed by atoms with E-state index in [1.54, 1.807) is 6.33 Å². The topological polar surface area (TPSA) is 126 Å². The van der Waals surface area contributed by atoms with Crippen molar-refractivity contribution in [1.82, 2.24) is 19.5 Å². The van der Waals surface area contributed by atoms with Crippen molar-refractivity contribution < 1.29 is 19.0 Å². The first-order valence-electron chi connectivity index (χ1n) is 7.89. The second-order valence-electron chi connectivity index (χ2n) is 5.90. The molecule has 26 heavy (non-hydrogen) atoms. The van der Waals surface area contributed by atoms with Crippen molar-refractivity contribution in [2.24, 2.45) is 11.8 Å². The van der Waals surface area contributed by atoms with E-state index in [0.717, 1.165) is 0 Å². The van der Waals surface area contributed by atoms with Crippen LogP contribution in [0.3, 0.4) is 0 Å². The molecule has 2 N–H and O–H groups in total. The molecule has 4 atom stereocenters. The van der Waals surface area contributed by atoms with Crippen LogP contribution >= 0.6 is 18.3 Å². The van der Waals surface area contributed by atoms with E-state index in [1.165, 1.54) is 6.33 Å². The Morgan fingerprint density at radius 1 is 1.42 bits per heavy atom. The number of nitrogens with zero attached hydrogens (tertiary/aromatic N) is 5. The maximum atomic E-state index is 9.95. The third kappa shape index (κ3) is 4.05. The van der Waals surface area contributed by atoms with Crippen LogP contribution in [0.1, 0.15) is 18.9 Å². The quantitative estimate of drug-likeness (QED) is 0.375. The molecule has 2 aromatic rings. The van der Waals surface area contributed by atoms with Crippen molar-refractivity contribution in [1.29, 1.82) is 5.26 Å². The molecule has 2 heterocycles. The first-order chi connectivity index (χ1) is 12.5. The number of fused-ring (bicyclic) bond motifs is 1. The molecule has 0 amide bonds. The van der Waals surface area contributed by atoms with Gasteiger partial charge in [0.15, 0.2) is 10.8 Å². The first-order valence-corrected chi connectivity index (χ1v) is 10.9. The Morgan fingerprint density at radius 2 is 2.23 bits per heavy atom. The zero-order valence-electron chi connectivity index (χ0n) is 13.6. The van der Waals surface area contributed by atoms with Gasteiger partial charge in [-0.15, -0.1) is 0 Å². The predicted molar refractivity (Wildman–Crippen MR) is 96.7 cm³/mol. The first kappa shape index (κ1) is 19.6. The lowest BCUT2D eigenvalue weighted by atomic mass is 9.70. The van der Waals surface area contributed by atoms with Crippen LogP contribution in [0, 0.1) is 23.2 Å². The highest BCUT2D eigenvalue weighted by molar-refractivity contribution is 8.07. The van der Waals surface area contributed by atoms with Crippen LogP contribution in [-0.4, -0.2) is 49.3 Å². The summed E-state index contributed by atoms with van der Waals surface area (Å²) in [4.78, 5) is 22.3. The second kappa shape index (κ2) is 8.23. The predicted octanol–water partition coefficient (Wildman–Crippen LogP) is 1.81. The molecule has 0 aromatic carbocycles. The van der Waals surface area contributed by atoms with Gasteiger partial charge in [-0.25, -0.2) is 15.0 Å². The largest absolute Gasteiger partial charge is 0.396 e. The molecule has 140 valence electrons. The fourth-order valence-corrected chi connectivity index (χ4v) is 4.42. The summed E-state index contributed by atoms with van der Waals surface area (Å²) in [6, 6.07) is 1.89. The lowest BCUT2D eigenvalue weighted by molar-refractivity contribution is -0.00338. The summed E-state index contributed by atoms with van der Waals surface area (Å²) in [6.07, 6.45) is 3.84. The summed E-state index contributed by atoms with van der Waals surface area (Å²) in [7, 11) is 0. The van der Waals surface area contributed by atoms with E-state index in [0.29, 0.717) is 17.6 Å². The fraction of sp³-hybridized carbons (Fsp3) is 0.571. The zero-order chi connectivity index (χ0) is 18.7. The van der Waals surface area contributed by atoms with E-state index in [-0.39, 0.29) is 49.3 Å². The van der Waals surface area contributed by atoms with Gasteiger partial charge in [-0.05, 0) is 24.1 Å². The van der Waals surface area contributed by atoms with Gasteiger partial charge in [0.2, 0.25) is 0 Å². The summed E-state index contributed by atoms with van der Waals surface area (Å²) in [5.74, 6) is -0.0935. The molecule has 9 nitrogen and oxygen atoms in total. The van der Waals surface area contributed by atoms with Crippen LogP contribution in [0.15, 0.2) is 12.7 Å². The van der Waals surface area contributed by atoms with Crippen molar-refractivity contribution in [3.63, 3.8) is 0 Å². The van der Waals surface area contributed by atoms with Crippen molar-refractivity contribution in [2.45, 2.75) is 18.9 Å². The molecule has 1 aliphatic rings. The number of hydrogen-bond donors (Lipinski definition) is 2. The van der Waals surface area contributed by atoms with Crippen LogP contribution in [0.4, 0.5) is 0 Å². The SMILES string of the molecule is N#CCCOP(O)(=S)OC[C@H]1C[C@@H](n2cnc3c(Cl)ncnc32)[C@@H]1CO. The average molecular weight is 418 g/mol. The molecule has 1 saturated carbocycles. The molecule has 1 unspecified atom stereocenters. The van der Waals surface area contributed by atoms with E-state index < -0.39 is 6.72 Å². The standard InChI is InChI=1S/C14H17ClN5O4PS/c15-13-12-14(18-7-17-13)20(8-19-12)11-4-9(10(11)5-21)6-24-25(22,26)23-3-1-2-16/h7-11,21H,1,3-6H2,(H,22,26)/t9-,10-,11-,25?/m1/s1. The molecule has 1 aliphatic carbocycles. The Kier molecular flexibility index (Phi) is 6.20. The number of halogens is 1. The third-order valence-corrected chi connectivity index (χ3v) is 6.34. The van der Waals surface area contributed by atoms with Crippen molar-refractivity contribution in [3.05, 3.63) is 17.8 Å². The number of rotatable bonds is 8. The molecular formula is C14H17ClN5O4PS. The van der Waals surface area contributed by atoms with E-state index in [2.05, 4.69) is 15.0 Å². The minimum Gasteiger partial charge on any atom is -0.396 e. The Labute approximate surface area is 159 Å². The molecule has 0 saturated heterocycles. The molecule has 2 aromatic heterocycles. The highest BCUT2D eigenvalue weighted by atomic mass is 35.5. The molecular weight excluding hydrogens is 401 g/mol. The van der Waals surface area contributed by atoms with Crippen LogP contribution in [0.25, 0.3) is 11.2 Å². The Morgan fingerprint density at radius 3 is 2.96 bits per heavy atom.